The fraction of sp³-hybridized carbons (Fsp3) is 0.545. The van der Waals surface area contributed by atoms with E-state index in [9.17, 15) is 4.79 Å². The van der Waals surface area contributed by atoms with Gasteiger partial charge in [0.25, 0.3) is 0 Å². The molecular weight excluding hydrogens is 214 g/mol. The van der Waals surface area contributed by atoms with E-state index in [1.165, 1.54) is 0 Å². The maximum Gasteiger partial charge on any atom is 0.238 e. The summed E-state index contributed by atoms with van der Waals surface area (Å²) in [5.74, 6) is 1.75. The second kappa shape index (κ2) is 4.27. The van der Waals surface area contributed by atoms with Gasteiger partial charge in [-0.25, -0.2) is 0 Å². The van der Waals surface area contributed by atoms with E-state index in [2.05, 4.69) is 0 Å². The van der Waals surface area contributed by atoms with Crippen molar-refractivity contribution in [3.05, 3.63) is 23.7 Å². The molecule has 0 atom stereocenters. The number of halogens is 1. The van der Waals surface area contributed by atoms with Gasteiger partial charge < -0.3 is 9.32 Å². The molecule has 0 bridgehead atoms. The molecule has 0 N–H and O–H groups in total. The fourth-order valence-corrected chi connectivity index (χ4v) is 1.78. The molecule has 1 saturated carbocycles. The monoisotopic (exact) mass is 227 g/mol. The van der Waals surface area contributed by atoms with E-state index in [0.29, 0.717) is 12.6 Å². The molecule has 82 valence electrons. The van der Waals surface area contributed by atoms with Crippen molar-refractivity contribution < 1.29 is 9.21 Å². The van der Waals surface area contributed by atoms with Gasteiger partial charge in [0.15, 0.2) is 0 Å². The van der Waals surface area contributed by atoms with E-state index in [1.807, 2.05) is 24.0 Å². The Hall–Kier alpha value is -0.960. The van der Waals surface area contributed by atoms with Crippen LogP contribution in [0.4, 0.5) is 0 Å². The number of furan rings is 1. The molecule has 1 aromatic rings. The maximum absolute atomic E-state index is 11.6. The molecule has 1 amide bonds. The normalized spacial score (nSPS) is 15.3. The molecule has 1 heterocycles. The average molecular weight is 228 g/mol. The van der Waals surface area contributed by atoms with Crippen LogP contribution in [0.2, 0.25) is 0 Å². The number of amides is 1. The van der Waals surface area contributed by atoms with Crippen LogP contribution in [0.25, 0.3) is 0 Å². The summed E-state index contributed by atoms with van der Waals surface area (Å²) >= 11 is 5.57. The van der Waals surface area contributed by atoms with E-state index in [4.69, 9.17) is 16.0 Å². The van der Waals surface area contributed by atoms with Crippen molar-refractivity contribution in [3.8, 4) is 0 Å². The molecule has 3 nitrogen and oxygen atoms in total. The number of alkyl halides is 1. The Balaban J connectivity index is 2.03. The Morgan fingerprint density at radius 1 is 1.60 bits per heavy atom. The highest BCUT2D eigenvalue weighted by atomic mass is 35.5. The van der Waals surface area contributed by atoms with Crippen molar-refractivity contribution in [1.82, 2.24) is 4.90 Å². The fourth-order valence-electron chi connectivity index (χ4n) is 1.62. The summed E-state index contributed by atoms with van der Waals surface area (Å²) in [6.45, 7) is 2.44. The zero-order valence-electron chi connectivity index (χ0n) is 8.70. The number of rotatable bonds is 4. The molecule has 0 radical (unpaired) electrons. The summed E-state index contributed by atoms with van der Waals surface area (Å²) in [4.78, 5) is 13.4. The highest BCUT2D eigenvalue weighted by molar-refractivity contribution is 6.27. The molecule has 1 aromatic heterocycles. The lowest BCUT2D eigenvalue weighted by atomic mass is 10.3. The second-order valence-electron chi connectivity index (χ2n) is 3.90. The highest BCUT2D eigenvalue weighted by Crippen LogP contribution is 2.28. The minimum absolute atomic E-state index is 0.00628. The van der Waals surface area contributed by atoms with Gasteiger partial charge in [0.1, 0.15) is 17.4 Å². The third kappa shape index (κ3) is 2.53. The maximum atomic E-state index is 11.6. The lowest BCUT2D eigenvalue weighted by Gasteiger charge is -2.19. The summed E-state index contributed by atoms with van der Waals surface area (Å²) in [5, 5.41) is 0. The van der Waals surface area contributed by atoms with E-state index in [-0.39, 0.29) is 11.8 Å². The standard InChI is InChI=1S/C11H14ClNO2/c1-8-2-5-10(15-8)7-13(9-3-4-9)11(14)6-12/h2,5,9H,3-4,6-7H2,1H3. The van der Waals surface area contributed by atoms with Crippen molar-refractivity contribution in [1.29, 1.82) is 0 Å². The third-order valence-electron chi connectivity index (χ3n) is 2.54. The van der Waals surface area contributed by atoms with Gasteiger partial charge in [-0.05, 0) is 31.9 Å². The first-order chi connectivity index (χ1) is 7.20. The van der Waals surface area contributed by atoms with Crippen molar-refractivity contribution in [2.24, 2.45) is 0 Å². The summed E-state index contributed by atoms with van der Waals surface area (Å²) in [6.07, 6.45) is 2.17. The van der Waals surface area contributed by atoms with E-state index < -0.39 is 0 Å². The predicted molar refractivity (Wildman–Crippen MR) is 57.7 cm³/mol. The Bertz CT molecular complexity index is 357. The molecular formula is C11H14ClNO2. The van der Waals surface area contributed by atoms with Gasteiger partial charge in [-0.15, -0.1) is 11.6 Å². The Morgan fingerprint density at radius 2 is 2.33 bits per heavy atom. The topological polar surface area (TPSA) is 33.5 Å². The van der Waals surface area contributed by atoms with E-state index in [0.717, 1.165) is 24.4 Å². The molecule has 0 saturated heterocycles. The Labute approximate surface area is 94.0 Å². The average Bonchev–Trinajstić information content (AvgIpc) is 2.98. The molecule has 1 aliphatic rings. The molecule has 1 aliphatic carbocycles. The van der Waals surface area contributed by atoms with Crippen molar-refractivity contribution in [2.45, 2.75) is 32.4 Å². The van der Waals surface area contributed by atoms with Crippen LogP contribution >= 0.6 is 11.6 Å². The number of carbonyl (C=O) groups excluding carboxylic acids is 1. The van der Waals surface area contributed by atoms with Gasteiger partial charge in [0, 0.05) is 6.04 Å². The summed E-state index contributed by atoms with van der Waals surface area (Å²) in [7, 11) is 0. The summed E-state index contributed by atoms with van der Waals surface area (Å²) in [5.41, 5.74) is 0. The van der Waals surface area contributed by atoms with Crippen LogP contribution in [0.1, 0.15) is 24.4 Å². The first kappa shape index (κ1) is 10.6. The first-order valence-electron chi connectivity index (χ1n) is 5.11. The van der Waals surface area contributed by atoms with Gasteiger partial charge in [0.2, 0.25) is 5.91 Å². The van der Waals surface area contributed by atoms with Gasteiger partial charge in [0.05, 0.1) is 6.54 Å². The molecule has 15 heavy (non-hydrogen) atoms. The number of hydrogen-bond donors (Lipinski definition) is 0. The van der Waals surface area contributed by atoms with Gasteiger partial charge >= 0.3 is 0 Å². The van der Waals surface area contributed by atoms with Crippen molar-refractivity contribution >= 4 is 17.5 Å². The molecule has 0 aliphatic heterocycles. The predicted octanol–water partition coefficient (Wildman–Crippen LogP) is 2.32. The lowest BCUT2D eigenvalue weighted by molar-refractivity contribution is -0.129. The minimum Gasteiger partial charge on any atom is -0.464 e. The van der Waals surface area contributed by atoms with Gasteiger partial charge in [-0.1, -0.05) is 0 Å². The van der Waals surface area contributed by atoms with Crippen LogP contribution in [-0.4, -0.2) is 22.7 Å². The summed E-state index contributed by atoms with van der Waals surface area (Å²) in [6, 6.07) is 4.19. The number of aryl methyl sites for hydroxylation is 1. The summed E-state index contributed by atoms with van der Waals surface area (Å²) < 4.78 is 5.45. The molecule has 0 aromatic carbocycles. The van der Waals surface area contributed by atoms with Crippen LogP contribution in [0.5, 0.6) is 0 Å². The van der Waals surface area contributed by atoms with Crippen molar-refractivity contribution in [2.75, 3.05) is 5.88 Å². The zero-order chi connectivity index (χ0) is 10.8. The Morgan fingerprint density at radius 3 is 2.80 bits per heavy atom. The molecule has 0 spiro atoms. The van der Waals surface area contributed by atoms with E-state index in [1.54, 1.807) is 0 Å². The zero-order valence-corrected chi connectivity index (χ0v) is 9.46. The SMILES string of the molecule is Cc1ccc(CN(C(=O)CCl)C2CC2)o1. The number of hydrogen-bond acceptors (Lipinski definition) is 2. The lowest BCUT2D eigenvalue weighted by Crippen LogP contribution is -2.33. The number of nitrogens with zero attached hydrogens (tertiary/aromatic N) is 1. The quantitative estimate of drug-likeness (QED) is 0.740. The smallest absolute Gasteiger partial charge is 0.238 e. The van der Waals surface area contributed by atoms with Crippen LogP contribution in [0, 0.1) is 6.92 Å². The first-order valence-corrected chi connectivity index (χ1v) is 5.65. The Kier molecular flexibility index (Phi) is 3.00. The third-order valence-corrected chi connectivity index (χ3v) is 2.77. The largest absolute Gasteiger partial charge is 0.464 e. The number of carbonyl (C=O) groups is 1. The van der Waals surface area contributed by atoms with Gasteiger partial charge in [-0.2, -0.15) is 0 Å². The van der Waals surface area contributed by atoms with Crippen LogP contribution < -0.4 is 0 Å². The molecule has 2 rings (SSSR count). The molecule has 0 unspecified atom stereocenters. The van der Waals surface area contributed by atoms with Crippen LogP contribution in [0.15, 0.2) is 16.5 Å². The molecule has 4 heteroatoms. The van der Waals surface area contributed by atoms with Crippen LogP contribution in [-0.2, 0) is 11.3 Å². The minimum atomic E-state index is -0.00628. The highest BCUT2D eigenvalue weighted by Gasteiger charge is 2.32. The molecule has 1 fully saturated rings. The van der Waals surface area contributed by atoms with Gasteiger partial charge in [-0.3, -0.25) is 4.79 Å². The van der Waals surface area contributed by atoms with Crippen molar-refractivity contribution in [3.63, 3.8) is 0 Å². The van der Waals surface area contributed by atoms with E-state index >= 15 is 0 Å². The van der Waals surface area contributed by atoms with Crippen LogP contribution in [0.3, 0.4) is 0 Å². The second-order valence-corrected chi connectivity index (χ2v) is 4.17.